The lowest BCUT2D eigenvalue weighted by molar-refractivity contribution is -0.115. The third-order valence-electron chi connectivity index (χ3n) is 5.29. The number of anilines is 1. The van der Waals surface area contributed by atoms with Gasteiger partial charge in [0.15, 0.2) is 5.16 Å². The Morgan fingerprint density at radius 2 is 1.89 bits per heavy atom. The Balaban J connectivity index is 1.45. The van der Waals surface area contributed by atoms with Crippen LogP contribution in [-0.4, -0.2) is 21.2 Å². The molecule has 0 radical (unpaired) electrons. The molecule has 0 unspecified atom stereocenters. The summed E-state index contributed by atoms with van der Waals surface area (Å²) in [4.78, 5) is 31.5. The highest BCUT2D eigenvalue weighted by molar-refractivity contribution is 7.99. The van der Waals surface area contributed by atoms with Crippen LogP contribution in [0.5, 0.6) is 0 Å². The molecule has 1 N–H and O–H groups in total. The van der Waals surface area contributed by atoms with Crippen molar-refractivity contribution in [3.63, 3.8) is 0 Å². The van der Waals surface area contributed by atoms with Crippen molar-refractivity contribution >= 4 is 44.9 Å². The van der Waals surface area contributed by atoms with E-state index in [1.54, 1.807) is 4.57 Å². The number of aryl methyl sites for hydroxylation is 1. The quantitative estimate of drug-likeness (QED) is 0.208. The second kappa shape index (κ2) is 9.89. The lowest BCUT2D eigenvalue weighted by Gasteiger charge is -2.12. The summed E-state index contributed by atoms with van der Waals surface area (Å²) >= 11 is 2.72. The topological polar surface area (TPSA) is 77.1 Å². The van der Waals surface area contributed by atoms with Crippen molar-refractivity contribution in [3.8, 4) is 17.0 Å². The maximum absolute atomic E-state index is 13.7. The van der Waals surface area contributed by atoms with E-state index in [1.165, 1.54) is 47.4 Å². The molecule has 3 heterocycles. The van der Waals surface area contributed by atoms with E-state index >= 15 is 0 Å². The highest BCUT2D eigenvalue weighted by Crippen LogP contribution is 2.34. The average Bonchev–Trinajstić information content (AvgIpc) is 3.47. The number of carbonyl (C=O) groups is 1. The van der Waals surface area contributed by atoms with Gasteiger partial charge in [0.1, 0.15) is 22.2 Å². The fourth-order valence-corrected chi connectivity index (χ4v) is 5.54. The molecule has 9 heteroatoms. The Bertz CT molecular complexity index is 1560. The molecule has 5 rings (SSSR count). The summed E-state index contributed by atoms with van der Waals surface area (Å²) in [6, 6.07) is 18.6. The first kappa shape index (κ1) is 23.1. The number of nitrogens with zero attached hydrogens (tertiary/aromatic N) is 2. The van der Waals surface area contributed by atoms with Gasteiger partial charge in [0, 0.05) is 28.8 Å². The minimum Gasteiger partial charge on any atom is -0.461 e. The molecule has 0 aliphatic heterocycles. The lowest BCUT2D eigenvalue weighted by Crippen LogP contribution is -2.21. The zero-order valence-corrected chi connectivity index (χ0v) is 20.3. The van der Waals surface area contributed by atoms with Gasteiger partial charge < -0.3 is 9.73 Å². The molecule has 0 bridgehead atoms. The summed E-state index contributed by atoms with van der Waals surface area (Å²) in [6.45, 7) is 1.86. The van der Waals surface area contributed by atoms with Crippen molar-refractivity contribution in [2.75, 3.05) is 11.1 Å². The molecule has 176 valence electrons. The Labute approximate surface area is 208 Å². The van der Waals surface area contributed by atoms with E-state index in [-0.39, 0.29) is 23.7 Å². The molecule has 0 aliphatic rings. The number of nitrogens with one attached hydrogen (secondary N) is 1. The molecule has 35 heavy (non-hydrogen) atoms. The number of para-hydroxylation sites is 1. The number of thioether (sulfide) groups is 1. The number of furan rings is 1. The standard InChI is InChI=1S/C26H20FN3O3S2/c1-16-7-12-21(33-16)20-15-35-24-23(20)25(32)30(19-5-3-2-4-6-19)26(29-24)34-14-13-22(31)28-18-10-8-17(27)9-11-18/h2-12,15H,13-14H2,1H3,(H,28,31). The fourth-order valence-electron chi connectivity index (χ4n) is 3.63. The molecule has 0 spiro atoms. The summed E-state index contributed by atoms with van der Waals surface area (Å²) in [5.41, 5.74) is 1.75. The van der Waals surface area contributed by atoms with E-state index in [9.17, 15) is 14.0 Å². The SMILES string of the molecule is Cc1ccc(-c2csc3nc(SCCC(=O)Nc4ccc(F)cc4)n(-c4ccccc4)c(=O)c23)o1. The van der Waals surface area contributed by atoms with Crippen LogP contribution in [0.25, 0.3) is 27.2 Å². The van der Waals surface area contributed by atoms with Crippen LogP contribution in [0.4, 0.5) is 10.1 Å². The van der Waals surface area contributed by atoms with Crippen LogP contribution < -0.4 is 10.9 Å². The number of thiophene rings is 1. The zero-order valence-electron chi connectivity index (χ0n) is 18.7. The van der Waals surface area contributed by atoms with Crippen molar-refractivity contribution in [3.05, 3.63) is 94.0 Å². The molecule has 3 aromatic heterocycles. The third-order valence-corrected chi connectivity index (χ3v) is 7.10. The van der Waals surface area contributed by atoms with Gasteiger partial charge in [0.05, 0.1) is 11.1 Å². The Morgan fingerprint density at radius 1 is 1.11 bits per heavy atom. The van der Waals surface area contributed by atoms with Gasteiger partial charge in [-0.25, -0.2) is 9.37 Å². The van der Waals surface area contributed by atoms with Gasteiger partial charge in [-0.3, -0.25) is 14.2 Å². The van der Waals surface area contributed by atoms with Gasteiger partial charge in [-0.05, 0) is 55.5 Å². The van der Waals surface area contributed by atoms with Crippen LogP contribution in [0.3, 0.4) is 0 Å². The van der Waals surface area contributed by atoms with E-state index in [0.29, 0.717) is 38.3 Å². The van der Waals surface area contributed by atoms with Crippen molar-refractivity contribution in [2.24, 2.45) is 0 Å². The number of hydrogen-bond donors (Lipinski definition) is 1. The molecule has 6 nitrogen and oxygen atoms in total. The first-order valence-corrected chi connectivity index (χ1v) is 12.7. The molecule has 0 aliphatic carbocycles. The smallest absolute Gasteiger partial charge is 0.268 e. The van der Waals surface area contributed by atoms with E-state index in [1.807, 2.05) is 54.8 Å². The summed E-state index contributed by atoms with van der Waals surface area (Å²) in [6.07, 6.45) is 0.200. The van der Waals surface area contributed by atoms with Crippen LogP contribution in [0, 0.1) is 12.7 Å². The number of rotatable bonds is 7. The summed E-state index contributed by atoms with van der Waals surface area (Å²) < 4.78 is 20.4. The first-order chi connectivity index (χ1) is 17.0. The number of fused-ring (bicyclic) bond motifs is 1. The van der Waals surface area contributed by atoms with Gasteiger partial charge in [-0.15, -0.1) is 11.3 Å². The predicted molar refractivity (Wildman–Crippen MR) is 138 cm³/mol. The van der Waals surface area contributed by atoms with Crippen LogP contribution >= 0.6 is 23.1 Å². The number of benzene rings is 2. The van der Waals surface area contributed by atoms with E-state index in [2.05, 4.69) is 5.32 Å². The minimum absolute atomic E-state index is 0.190. The summed E-state index contributed by atoms with van der Waals surface area (Å²) in [7, 11) is 0. The van der Waals surface area contributed by atoms with Gasteiger partial charge in [0.25, 0.3) is 5.56 Å². The van der Waals surface area contributed by atoms with Crippen LogP contribution in [0.15, 0.2) is 86.5 Å². The van der Waals surface area contributed by atoms with Gasteiger partial charge in [0.2, 0.25) is 5.91 Å². The molecular weight excluding hydrogens is 485 g/mol. The lowest BCUT2D eigenvalue weighted by atomic mass is 10.2. The number of amides is 1. The maximum atomic E-state index is 13.7. The van der Waals surface area contributed by atoms with Crippen LogP contribution in [0.2, 0.25) is 0 Å². The van der Waals surface area contributed by atoms with Crippen molar-refractivity contribution in [1.82, 2.24) is 9.55 Å². The monoisotopic (exact) mass is 505 g/mol. The number of hydrogen-bond acceptors (Lipinski definition) is 6. The molecule has 0 fully saturated rings. The second-order valence-electron chi connectivity index (χ2n) is 7.76. The second-order valence-corrected chi connectivity index (χ2v) is 9.68. The normalized spacial score (nSPS) is 11.1. The van der Waals surface area contributed by atoms with Gasteiger partial charge >= 0.3 is 0 Å². The third kappa shape index (κ3) is 4.91. The van der Waals surface area contributed by atoms with E-state index in [0.717, 1.165) is 11.3 Å². The van der Waals surface area contributed by atoms with E-state index < -0.39 is 0 Å². The number of carbonyl (C=O) groups excluding carboxylic acids is 1. The molecule has 0 saturated carbocycles. The van der Waals surface area contributed by atoms with Crippen LogP contribution in [-0.2, 0) is 4.79 Å². The van der Waals surface area contributed by atoms with Crippen molar-refractivity contribution in [1.29, 1.82) is 0 Å². The Morgan fingerprint density at radius 3 is 2.60 bits per heavy atom. The van der Waals surface area contributed by atoms with Gasteiger partial charge in [-0.1, -0.05) is 30.0 Å². The minimum atomic E-state index is -0.363. The predicted octanol–water partition coefficient (Wildman–Crippen LogP) is 6.28. The Kier molecular flexibility index (Phi) is 6.52. The molecule has 2 aromatic carbocycles. The van der Waals surface area contributed by atoms with Crippen LogP contribution in [0.1, 0.15) is 12.2 Å². The molecular formula is C26H20FN3O3S2. The van der Waals surface area contributed by atoms with Gasteiger partial charge in [-0.2, -0.15) is 0 Å². The Hall–Kier alpha value is -3.69. The maximum Gasteiger partial charge on any atom is 0.268 e. The summed E-state index contributed by atoms with van der Waals surface area (Å²) in [5.74, 6) is 1.24. The molecule has 5 aromatic rings. The highest BCUT2D eigenvalue weighted by Gasteiger charge is 2.20. The summed E-state index contributed by atoms with van der Waals surface area (Å²) in [5, 5.41) is 5.65. The average molecular weight is 506 g/mol. The largest absolute Gasteiger partial charge is 0.461 e. The fraction of sp³-hybridized carbons (Fsp3) is 0.115. The first-order valence-electron chi connectivity index (χ1n) is 10.8. The van der Waals surface area contributed by atoms with Crippen molar-refractivity contribution in [2.45, 2.75) is 18.5 Å². The molecule has 1 amide bonds. The number of aromatic nitrogens is 2. The highest BCUT2D eigenvalue weighted by atomic mass is 32.2. The zero-order chi connectivity index (χ0) is 24.4. The molecule has 0 saturated heterocycles. The number of halogens is 1. The molecule has 0 atom stereocenters. The van der Waals surface area contributed by atoms with Crippen molar-refractivity contribution < 1.29 is 13.6 Å². The van der Waals surface area contributed by atoms with E-state index in [4.69, 9.17) is 9.40 Å².